The van der Waals surface area contributed by atoms with Gasteiger partial charge >= 0.3 is 0 Å². The van der Waals surface area contributed by atoms with Gasteiger partial charge in [0.15, 0.2) is 0 Å². The van der Waals surface area contributed by atoms with Gasteiger partial charge in [0.05, 0.1) is 12.7 Å². The number of thioether (sulfide) groups is 1. The number of aliphatic hydroxyl groups is 1. The van der Waals surface area contributed by atoms with Crippen molar-refractivity contribution < 1.29 is 9.84 Å². The van der Waals surface area contributed by atoms with Crippen molar-refractivity contribution in [3.8, 4) is 0 Å². The molecule has 2 unspecified atom stereocenters. The van der Waals surface area contributed by atoms with Gasteiger partial charge in [-0.1, -0.05) is 6.92 Å². The van der Waals surface area contributed by atoms with Crippen molar-refractivity contribution >= 4 is 11.8 Å². The summed E-state index contributed by atoms with van der Waals surface area (Å²) in [5.74, 6) is 1.12. The lowest BCUT2D eigenvalue weighted by atomic mass is 10.2. The Morgan fingerprint density at radius 3 is 2.57 bits per heavy atom. The van der Waals surface area contributed by atoms with E-state index in [1.165, 1.54) is 0 Å². The summed E-state index contributed by atoms with van der Waals surface area (Å²) < 4.78 is 4.90. The second-order valence-electron chi connectivity index (χ2n) is 3.57. The van der Waals surface area contributed by atoms with E-state index in [2.05, 4.69) is 25.1 Å². The van der Waals surface area contributed by atoms with Gasteiger partial charge in [0.1, 0.15) is 0 Å². The number of ether oxygens (including phenoxy) is 1. The third-order valence-corrected chi connectivity index (χ3v) is 3.03. The van der Waals surface area contributed by atoms with Gasteiger partial charge in [-0.15, -0.1) is 0 Å². The van der Waals surface area contributed by atoms with E-state index in [1.54, 1.807) is 7.11 Å². The van der Waals surface area contributed by atoms with Crippen molar-refractivity contribution in [3.63, 3.8) is 0 Å². The van der Waals surface area contributed by atoms with Crippen LogP contribution in [0.3, 0.4) is 0 Å². The molecule has 86 valence electrons. The fourth-order valence-corrected chi connectivity index (χ4v) is 2.35. The minimum absolute atomic E-state index is 0.374. The van der Waals surface area contributed by atoms with Crippen molar-refractivity contribution in [2.45, 2.75) is 25.5 Å². The highest BCUT2D eigenvalue weighted by Gasteiger charge is 2.15. The summed E-state index contributed by atoms with van der Waals surface area (Å²) in [7, 11) is 3.67. The zero-order valence-electron chi connectivity index (χ0n) is 9.69. The molecule has 0 heterocycles. The first kappa shape index (κ1) is 14.2. The summed E-state index contributed by atoms with van der Waals surface area (Å²) in [6.45, 7) is 3.28. The minimum atomic E-state index is -0.374. The maximum Gasteiger partial charge on any atom is 0.0900 e. The molecule has 0 bridgehead atoms. The van der Waals surface area contributed by atoms with Crippen LogP contribution in [0.15, 0.2) is 0 Å². The molecule has 0 fully saturated rings. The van der Waals surface area contributed by atoms with Crippen LogP contribution in [0.5, 0.6) is 0 Å². The molecule has 0 saturated heterocycles. The first-order valence-corrected chi connectivity index (χ1v) is 6.41. The van der Waals surface area contributed by atoms with Gasteiger partial charge < -0.3 is 9.84 Å². The molecule has 0 saturated carbocycles. The molecule has 0 aliphatic carbocycles. The smallest absolute Gasteiger partial charge is 0.0900 e. The summed E-state index contributed by atoms with van der Waals surface area (Å²) in [5, 5.41) is 9.56. The van der Waals surface area contributed by atoms with Crippen molar-refractivity contribution in [2.75, 3.05) is 39.3 Å². The minimum Gasteiger partial charge on any atom is -0.389 e. The van der Waals surface area contributed by atoms with Gasteiger partial charge in [0, 0.05) is 25.4 Å². The van der Waals surface area contributed by atoms with Gasteiger partial charge in [-0.05, 0) is 19.7 Å². The molecule has 2 atom stereocenters. The molecule has 0 spiro atoms. The number of hydrogen-bond donors (Lipinski definition) is 1. The molecule has 14 heavy (non-hydrogen) atoms. The van der Waals surface area contributed by atoms with Crippen molar-refractivity contribution in [3.05, 3.63) is 0 Å². The number of likely N-dealkylation sites (N-methyl/N-ethyl adjacent to an activating group) is 1. The number of nitrogens with zero attached hydrogens (tertiary/aromatic N) is 1. The molecule has 0 aliphatic heterocycles. The Bertz CT molecular complexity index is 135. The van der Waals surface area contributed by atoms with Gasteiger partial charge in [-0.2, -0.15) is 11.8 Å². The van der Waals surface area contributed by atoms with Crippen molar-refractivity contribution in [1.82, 2.24) is 4.90 Å². The summed E-state index contributed by atoms with van der Waals surface area (Å²) in [5.41, 5.74) is 0. The lowest BCUT2D eigenvalue weighted by Crippen LogP contribution is -2.40. The number of rotatable bonds is 8. The quantitative estimate of drug-likeness (QED) is 0.664. The highest BCUT2D eigenvalue weighted by Crippen LogP contribution is 2.08. The Morgan fingerprint density at radius 2 is 2.14 bits per heavy atom. The van der Waals surface area contributed by atoms with E-state index >= 15 is 0 Å². The Kier molecular flexibility index (Phi) is 8.67. The van der Waals surface area contributed by atoms with E-state index in [9.17, 15) is 5.11 Å². The van der Waals surface area contributed by atoms with Gasteiger partial charge in [-0.3, -0.25) is 4.90 Å². The number of aliphatic hydroxyl groups excluding tert-OH is 1. The average molecular weight is 221 g/mol. The third-order valence-electron chi connectivity index (χ3n) is 2.31. The predicted octanol–water partition coefficient (Wildman–Crippen LogP) is 1.07. The van der Waals surface area contributed by atoms with E-state index in [-0.39, 0.29) is 6.10 Å². The average Bonchev–Trinajstić information content (AvgIpc) is 2.14. The fourth-order valence-electron chi connectivity index (χ4n) is 1.48. The van der Waals surface area contributed by atoms with Crippen LogP contribution in [0.4, 0.5) is 0 Å². The molecule has 0 amide bonds. The fraction of sp³-hybridized carbons (Fsp3) is 1.00. The highest BCUT2D eigenvalue weighted by molar-refractivity contribution is 7.98. The van der Waals surface area contributed by atoms with Crippen LogP contribution in [-0.2, 0) is 4.74 Å². The van der Waals surface area contributed by atoms with Gasteiger partial charge in [0.25, 0.3) is 0 Å². The van der Waals surface area contributed by atoms with Crippen LogP contribution in [0.1, 0.15) is 13.3 Å². The molecule has 0 rings (SSSR count). The Morgan fingerprint density at radius 1 is 1.50 bits per heavy atom. The second kappa shape index (κ2) is 8.53. The molecule has 0 aromatic rings. The highest BCUT2D eigenvalue weighted by atomic mass is 32.2. The van der Waals surface area contributed by atoms with Crippen LogP contribution >= 0.6 is 11.8 Å². The molecule has 0 aliphatic rings. The van der Waals surface area contributed by atoms with Crippen molar-refractivity contribution in [2.24, 2.45) is 0 Å². The molecule has 0 aromatic carbocycles. The largest absolute Gasteiger partial charge is 0.389 e. The van der Waals surface area contributed by atoms with E-state index in [1.807, 2.05) is 11.8 Å². The predicted molar refractivity (Wildman–Crippen MR) is 63.0 cm³/mol. The molecule has 1 N–H and O–H groups in total. The monoisotopic (exact) mass is 221 g/mol. The maximum atomic E-state index is 9.56. The van der Waals surface area contributed by atoms with E-state index in [0.29, 0.717) is 19.2 Å². The van der Waals surface area contributed by atoms with Crippen LogP contribution in [0.2, 0.25) is 0 Å². The number of methoxy groups -OCH3 is 1. The Hall–Kier alpha value is 0.230. The first-order valence-electron chi connectivity index (χ1n) is 5.01. The normalized spacial score (nSPS) is 15.9. The van der Waals surface area contributed by atoms with Gasteiger partial charge in [0.2, 0.25) is 0 Å². The summed E-state index contributed by atoms with van der Waals surface area (Å²) >= 11 is 1.85. The number of hydrogen-bond acceptors (Lipinski definition) is 4. The third kappa shape index (κ3) is 5.86. The SMILES string of the molecule is CCC(CSC)N(C)CC(O)COC. The van der Waals surface area contributed by atoms with Crippen LogP contribution in [0, 0.1) is 0 Å². The lowest BCUT2D eigenvalue weighted by molar-refractivity contribution is 0.0360. The maximum absolute atomic E-state index is 9.56. The van der Waals surface area contributed by atoms with Crippen LogP contribution in [0.25, 0.3) is 0 Å². The summed E-state index contributed by atoms with van der Waals surface area (Å²) in [6.07, 6.45) is 2.86. The van der Waals surface area contributed by atoms with E-state index in [0.717, 1.165) is 12.2 Å². The Balaban J connectivity index is 3.83. The summed E-state index contributed by atoms with van der Waals surface area (Å²) in [6, 6.07) is 0.552. The second-order valence-corrected chi connectivity index (χ2v) is 4.48. The summed E-state index contributed by atoms with van der Waals surface area (Å²) in [4.78, 5) is 2.21. The zero-order chi connectivity index (χ0) is 11.0. The zero-order valence-corrected chi connectivity index (χ0v) is 10.5. The molecular weight excluding hydrogens is 198 g/mol. The lowest BCUT2D eigenvalue weighted by Gasteiger charge is -2.28. The van der Waals surface area contributed by atoms with E-state index < -0.39 is 0 Å². The first-order chi connectivity index (χ1) is 6.65. The van der Waals surface area contributed by atoms with Crippen LogP contribution in [-0.4, -0.2) is 61.5 Å². The molecular formula is C10H23NO2S. The standard InChI is InChI=1S/C10H23NO2S/c1-5-9(8-14-4)11(2)6-10(12)7-13-3/h9-10,12H,5-8H2,1-4H3. The molecule has 0 aromatic heterocycles. The molecule has 0 radical (unpaired) electrons. The molecule has 3 nitrogen and oxygen atoms in total. The van der Waals surface area contributed by atoms with E-state index in [4.69, 9.17) is 4.74 Å². The molecule has 4 heteroatoms. The Labute approximate surface area is 91.8 Å². The topological polar surface area (TPSA) is 32.7 Å². The van der Waals surface area contributed by atoms with Gasteiger partial charge in [-0.25, -0.2) is 0 Å². The van der Waals surface area contributed by atoms with Crippen LogP contribution < -0.4 is 0 Å². The van der Waals surface area contributed by atoms with Crippen molar-refractivity contribution in [1.29, 1.82) is 0 Å².